The molecule has 96 valence electrons. The number of H-pyrrole nitrogens is 1. The summed E-state index contributed by atoms with van der Waals surface area (Å²) in [5.74, 6) is -4.63. The Hall–Kier alpha value is -1.59. The quantitative estimate of drug-likeness (QED) is 0.775. The van der Waals surface area contributed by atoms with E-state index in [0.717, 1.165) is 12.1 Å². The Balaban J connectivity index is 1.99. The van der Waals surface area contributed by atoms with Crippen molar-refractivity contribution in [3.63, 3.8) is 0 Å². The summed E-state index contributed by atoms with van der Waals surface area (Å²) in [5.41, 5.74) is 0.596. The molecule has 0 bridgehead atoms. The molecule has 2 aromatic rings. The molecular weight excluding hydrogens is 248 g/mol. The van der Waals surface area contributed by atoms with E-state index in [1.165, 1.54) is 0 Å². The predicted octanol–water partition coefficient (Wildman–Crippen LogP) is 3.74. The minimum Gasteiger partial charge on any atom is -0.342 e. The van der Waals surface area contributed by atoms with Gasteiger partial charge in [0.15, 0.2) is 11.6 Å². The van der Waals surface area contributed by atoms with E-state index in [1.54, 1.807) is 0 Å². The van der Waals surface area contributed by atoms with Crippen molar-refractivity contribution in [3.8, 4) is 0 Å². The zero-order chi connectivity index (χ0) is 12.9. The lowest BCUT2D eigenvalue weighted by Gasteiger charge is -2.07. The minimum atomic E-state index is -2.67. The van der Waals surface area contributed by atoms with Gasteiger partial charge in [-0.05, 0) is 6.42 Å². The highest BCUT2D eigenvalue weighted by molar-refractivity contribution is 5.75. The lowest BCUT2D eigenvalue weighted by molar-refractivity contribution is 0.00756. The van der Waals surface area contributed by atoms with E-state index in [-0.39, 0.29) is 24.3 Å². The number of halogens is 4. The number of nitrogens with zero attached hydrogens (tertiary/aromatic N) is 1. The molecule has 1 N–H and O–H groups in total. The normalized spacial score (nSPS) is 22.8. The maximum atomic E-state index is 13.1. The van der Waals surface area contributed by atoms with Crippen LogP contribution in [0.4, 0.5) is 17.6 Å². The van der Waals surface area contributed by atoms with Crippen LogP contribution in [0.3, 0.4) is 0 Å². The lowest BCUT2D eigenvalue weighted by Crippen LogP contribution is -2.09. The molecule has 0 spiro atoms. The summed E-state index contributed by atoms with van der Waals surface area (Å²) >= 11 is 0. The number of nitrogens with one attached hydrogen (secondary N) is 1. The monoisotopic (exact) mass is 258 g/mol. The van der Waals surface area contributed by atoms with E-state index >= 15 is 0 Å². The zero-order valence-electron chi connectivity index (χ0n) is 9.31. The summed E-state index contributed by atoms with van der Waals surface area (Å²) in [5, 5.41) is 0. The molecule has 3 rings (SSSR count). The van der Waals surface area contributed by atoms with E-state index in [4.69, 9.17) is 0 Å². The highest BCUT2D eigenvalue weighted by Gasteiger charge is 2.41. The van der Waals surface area contributed by atoms with Crippen LogP contribution in [0.1, 0.15) is 31.0 Å². The van der Waals surface area contributed by atoms with Crippen LogP contribution < -0.4 is 0 Å². The molecule has 1 atom stereocenters. The van der Waals surface area contributed by atoms with Crippen molar-refractivity contribution in [1.29, 1.82) is 0 Å². The Labute approximate surface area is 100 Å². The van der Waals surface area contributed by atoms with Crippen molar-refractivity contribution in [2.45, 2.75) is 31.1 Å². The second kappa shape index (κ2) is 3.70. The zero-order valence-corrected chi connectivity index (χ0v) is 9.31. The number of alkyl halides is 2. The highest BCUT2D eigenvalue weighted by atomic mass is 19.3. The van der Waals surface area contributed by atoms with Gasteiger partial charge < -0.3 is 4.98 Å². The van der Waals surface area contributed by atoms with Crippen molar-refractivity contribution in [3.05, 3.63) is 29.6 Å². The third kappa shape index (κ3) is 1.85. The van der Waals surface area contributed by atoms with Crippen LogP contribution in [0, 0.1) is 11.6 Å². The van der Waals surface area contributed by atoms with Gasteiger partial charge in [-0.1, -0.05) is 0 Å². The van der Waals surface area contributed by atoms with Gasteiger partial charge in [0.1, 0.15) is 5.82 Å². The molecule has 0 aliphatic heterocycles. The van der Waals surface area contributed by atoms with Gasteiger partial charge >= 0.3 is 0 Å². The maximum Gasteiger partial charge on any atom is 0.248 e. The molecule has 18 heavy (non-hydrogen) atoms. The molecule has 1 aromatic carbocycles. The number of aromatic amines is 1. The van der Waals surface area contributed by atoms with Crippen LogP contribution >= 0.6 is 0 Å². The van der Waals surface area contributed by atoms with E-state index in [2.05, 4.69) is 9.97 Å². The molecule has 1 saturated carbocycles. The van der Waals surface area contributed by atoms with Crippen molar-refractivity contribution < 1.29 is 17.6 Å². The predicted molar refractivity (Wildman–Crippen MR) is 57.5 cm³/mol. The summed E-state index contributed by atoms with van der Waals surface area (Å²) in [4.78, 5) is 6.86. The largest absolute Gasteiger partial charge is 0.342 e. The van der Waals surface area contributed by atoms with Crippen LogP contribution in [0.5, 0.6) is 0 Å². The van der Waals surface area contributed by atoms with Crippen molar-refractivity contribution >= 4 is 11.0 Å². The third-order valence-electron chi connectivity index (χ3n) is 3.33. The van der Waals surface area contributed by atoms with Crippen LogP contribution in [0.25, 0.3) is 11.0 Å². The number of hydrogen-bond donors (Lipinski definition) is 1. The topological polar surface area (TPSA) is 28.7 Å². The van der Waals surface area contributed by atoms with E-state index in [0.29, 0.717) is 17.8 Å². The molecule has 1 aromatic heterocycles. The first kappa shape index (κ1) is 11.5. The summed E-state index contributed by atoms with van der Waals surface area (Å²) in [6.07, 6.45) is -0.104. The smallest absolute Gasteiger partial charge is 0.248 e. The first-order valence-corrected chi connectivity index (χ1v) is 5.67. The van der Waals surface area contributed by atoms with Gasteiger partial charge in [0, 0.05) is 30.9 Å². The second-order valence-electron chi connectivity index (χ2n) is 4.70. The molecule has 1 aliphatic rings. The SMILES string of the molecule is Fc1cc2nc(C3CCC(F)(F)C3)[nH]c2cc1F. The molecule has 1 heterocycles. The van der Waals surface area contributed by atoms with E-state index in [9.17, 15) is 17.6 Å². The first-order chi connectivity index (χ1) is 8.44. The fourth-order valence-corrected chi connectivity index (χ4v) is 2.40. The van der Waals surface area contributed by atoms with Gasteiger partial charge in [-0.25, -0.2) is 22.5 Å². The number of fused-ring (bicyclic) bond motifs is 1. The van der Waals surface area contributed by atoms with Crippen LogP contribution in [-0.2, 0) is 0 Å². The van der Waals surface area contributed by atoms with Gasteiger partial charge in [0.05, 0.1) is 11.0 Å². The molecule has 0 saturated heterocycles. The Morgan fingerprint density at radius 1 is 1.22 bits per heavy atom. The minimum absolute atomic E-state index is 0.169. The first-order valence-electron chi connectivity index (χ1n) is 5.67. The number of imidazole rings is 1. The summed E-state index contributed by atoms with van der Waals surface area (Å²) in [6, 6.07) is 1.96. The third-order valence-corrected chi connectivity index (χ3v) is 3.33. The summed E-state index contributed by atoms with van der Waals surface area (Å²) in [7, 11) is 0. The number of hydrogen-bond acceptors (Lipinski definition) is 1. The van der Waals surface area contributed by atoms with E-state index < -0.39 is 17.6 Å². The average Bonchev–Trinajstić information content (AvgIpc) is 2.82. The van der Waals surface area contributed by atoms with Crippen molar-refractivity contribution in [2.75, 3.05) is 0 Å². The fourth-order valence-electron chi connectivity index (χ4n) is 2.40. The summed E-state index contributed by atoms with van der Waals surface area (Å²) in [6.45, 7) is 0. The Kier molecular flexibility index (Phi) is 2.36. The van der Waals surface area contributed by atoms with Crippen molar-refractivity contribution in [2.24, 2.45) is 0 Å². The highest BCUT2D eigenvalue weighted by Crippen LogP contribution is 2.43. The second-order valence-corrected chi connectivity index (χ2v) is 4.70. The number of rotatable bonds is 1. The van der Waals surface area contributed by atoms with Gasteiger partial charge in [-0.2, -0.15) is 0 Å². The average molecular weight is 258 g/mol. The Morgan fingerprint density at radius 3 is 2.61 bits per heavy atom. The molecule has 1 aliphatic carbocycles. The molecular formula is C12H10F4N2. The maximum absolute atomic E-state index is 13.1. The van der Waals surface area contributed by atoms with Gasteiger partial charge in [-0.15, -0.1) is 0 Å². The van der Waals surface area contributed by atoms with E-state index in [1.807, 2.05) is 0 Å². The fraction of sp³-hybridized carbons (Fsp3) is 0.417. The Morgan fingerprint density at radius 2 is 1.94 bits per heavy atom. The van der Waals surface area contributed by atoms with Crippen molar-refractivity contribution in [1.82, 2.24) is 9.97 Å². The molecule has 1 unspecified atom stereocenters. The van der Waals surface area contributed by atoms with Gasteiger partial charge in [0.25, 0.3) is 0 Å². The molecule has 2 nitrogen and oxygen atoms in total. The molecule has 6 heteroatoms. The van der Waals surface area contributed by atoms with Crippen LogP contribution in [0.15, 0.2) is 12.1 Å². The molecule has 0 radical (unpaired) electrons. The van der Waals surface area contributed by atoms with Crippen LogP contribution in [-0.4, -0.2) is 15.9 Å². The number of aromatic nitrogens is 2. The Bertz CT molecular complexity index is 566. The van der Waals surface area contributed by atoms with Gasteiger partial charge in [0.2, 0.25) is 5.92 Å². The van der Waals surface area contributed by atoms with Crippen LogP contribution in [0.2, 0.25) is 0 Å². The molecule has 0 amide bonds. The lowest BCUT2D eigenvalue weighted by atomic mass is 10.1. The number of benzene rings is 1. The summed E-state index contributed by atoms with van der Waals surface area (Å²) < 4.78 is 52.2. The molecule has 1 fully saturated rings. The van der Waals surface area contributed by atoms with Gasteiger partial charge in [-0.3, -0.25) is 0 Å². The standard InChI is InChI=1S/C12H10F4N2/c13-7-3-9-10(4-8(7)14)18-11(17-9)6-1-2-12(15,16)5-6/h3-4,6H,1-2,5H2,(H,17,18).